The Bertz CT molecular complexity index is 594. The van der Waals surface area contributed by atoms with Gasteiger partial charge in [0.15, 0.2) is 6.23 Å². The standard InChI is InChI=1S/C22H38O6Si/c1-6-10-11-12-15-22(5)24-17-19-16-20(13-14-21(19)28-22)23-18-29(25-7-2,26-8-3)27-9-4/h13-14,16H,6-12,15,17-18H2,1-5H3. The van der Waals surface area contributed by atoms with Gasteiger partial charge >= 0.3 is 8.80 Å². The highest BCUT2D eigenvalue weighted by molar-refractivity contribution is 6.60. The molecule has 1 aromatic rings. The van der Waals surface area contributed by atoms with Gasteiger partial charge in [0.05, 0.1) is 6.61 Å². The maximum Gasteiger partial charge on any atom is 0.540 e. The van der Waals surface area contributed by atoms with Crippen LogP contribution in [0.15, 0.2) is 18.2 Å². The van der Waals surface area contributed by atoms with E-state index in [1.165, 1.54) is 19.3 Å². The average molecular weight is 427 g/mol. The second-order valence-electron chi connectivity index (χ2n) is 7.38. The van der Waals surface area contributed by atoms with Gasteiger partial charge in [-0.3, -0.25) is 0 Å². The molecule has 1 unspecified atom stereocenters. The molecule has 0 amide bonds. The minimum Gasteiger partial charge on any atom is -0.489 e. The van der Waals surface area contributed by atoms with E-state index in [0.29, 0.717) is 26.4 Å². The molecule has 0 saturated heterocycles. The van der Waals surface area contributed by atoms with Crippen LogP contribution >= 0.6 is 0 Å². The first-order valence-corrected chi connectivity index (χ1v) is 12.9. The Balaban J connectivity index is 1.98. The summed E-state index contributed by atoms with van der Waals surface area (Å²) in [6.07, 6.45) is 5.98. The van der Waals surface area contributed by atoms with Gasteiger partial charge in [0.25, 0.3) is 0 Å². The van der Waals surface area contributed by atoms with Crippen LogP contribution < -0.4 is 9.47 Å². The molecule has 0 saturated carbocycles. The molecule has 0 radical (unpaired) electrons. The summed E-state index contributed by atoms with van der Waals surface area (Å²) in [7, 11) is -2.84. The quantitative estimate of drug-likeness (QED) is 0.299. The third-order valence-electron chi connectivity index (χ3n) is 4.88. The average Bonchev–Trinajstić information content (AvgIpc) is 2.70. The van der Waals surface area contributed by atoms with E-state index in [-0.39, 0.29) is 6.23 Å². The minimum atomic E-state index is -2.84. The Labute approximate surface area is 177 Å². The van der Waals surface area contributed by atoms with Crippen LogP contribution in [0.4, 0.5) is 0 Å². The van der Waals surface area contributed by atoms with Gasteiger partial charge < -0.3 is 27.5 Å². The molecule has 1 aliphatic rings. The number of unbranched alkanes of at least 4 members (excludes halogenated alkanes) is 3. The molecular weight excluding hydrogens is 388 g/mol. The second kappa shape index (κ2) is 11.9. The van der Waals surface area contributed by atoms with E-state index in [2.05, 4.69) is 6.92 Å². The van der Waals surface area contributed by atoms with E-state index in [0.717, 1.165) is 29.9 Å². The summed E-state index contributed by atoms with van der Waals surface area (Å²) in [6, 6.07) is 5.85. The zero-order chi connectivity index (χ0) is 21.2. The molecule has 1 heterocycles. The van der Waals surface area contributed by atoms with Gasteiger partial charge in [-0.05, 0) is 45.4 Å². The molecule has 0 bridgehead atoms. The van der Waals surface area contributed by atoms with E-state index >= 15 is 0 Å². The summed E-state index contributed by atoms with van der Waals surface area (Å²) >= 11 is 0. The van der Waals surface area contributed by atoms with Gasteiger partial charge in [-0.15, -0.1) is 0 Å². The summed E-state index contributed by atoms with van der Waals surface area (Å²) in [5.74, 6) is 1.05. The molecule has 2 rings (SSSR count). The van der Waals surface area contributed by atoms with Crippen molar-refractivity contribution in [1.82, 2.24) is 0 Å². The number of rotatable bonds is 14. The molecule has 1 aromatic carbocycles. The van der Waals surface area contributed by atoms with Crippen LogP contribution in [0.3, 0.4) is 0 Å². The third-order valence-corrected chi connectivity index (χ3v) is 7.57. The first kappa shape index (κ1) is 24.1. The van der Waals surface area contributed by atoms with Gasteiger partial charge in [0.2, 0.25) is 5.79 Å². The molecule has 1 atom stereocenters. The fraction of sp³-hybridized carbons (Fsp3) is 0.727. The number of hydrogen-bond donors (Lipinski definition) is 0. The monoisotopic (exact) mass is 426 g/mol. The molecule has 29 heavy (non-hydrogen) atoms. The molecule has 6 nitrogen and oxygen atoms in total. The van der Waals surface area contributed by atoms with Gasteiger partial charge in [-0.25, -0.2) is 0 Å². The van der Waals surface area contributed by atoms with Crippen molar-refractivity contribution in [3.05, 3.63) is 23.8 Å². The summed E-state index contributed by atoms with van der Waals surface area (Å²) in [5.41, 5.74) is 0.991. The topological polar surface area (TPSA) is 55.4 Å². The molecular formula is C22H38O6Si. The Kier molecular flexibility index (Phi) is 9.92. The van der Waals surface area contributed by atoms with E-state index in [4.69, 9.17) is 27.5 Å². The van der Waals surface area contributed by atoms with Crippen LogP contribution in [0.2, 0.25) is 0 Å². The number of ether oxygens (including phenoxy) is 3. The maximum absolute atomic E-state index is 6.17. The highest BCUT2D eigenvalue weighted by Gasteiger charge is 2.42. The summed E-state index contributed by atoms with van der Waals surface area (Å²) < 4.78 is 35.8. The fourth-order valence-electron chi connectivity index (χ4n) is 3.43. The Hall–Kier alpha value is -1.12. The molecule has 0 fully saturated rings. The van der Waals surface area contributed by atoms with Crippen LogP contribution in [0.25, 0.3) is 0 Å². The predicted octanol–water partition coefficient (Wildman–Crippen LogP) is 5.25. The summed E-state index contributed by atoms with van der Waals surface area (Å²) in [6.45, 7) is 12.1. The molecule has 0 spiro atoms. The van der Waals surface area contributed by atoms with Crippen molar-refractivity contribution in [2.45, 2.75) is 79.1 Å². The van der Waals surface area contributed by atoms with Crippen molar-refractivity contribution < 1.29 is 27.5 Å². The molecule has 0 aliphatic carbocycles. The lowest BCUT2D eigenvalue weighted by Crippen LogP contribution is -2.51. The zero-order valence-electron chi connectivity index (χ0n) is 18.8. The molecule has 7 heteroatoms. The van der Waals surface area contributed by atoms with Crippen LogP contribution in [0.5, 0.6) is 11.5 Å². The summed E-state index contributed by atoms with van der Waals surface area (Å²) in [4.78, 5) is 0. The molecule has 0 N–H and O–H groups in total. The highest BCUT2D eigenvalue weighted by Crippen LogP contribution is 2.36. The highest BCUT2D eigenvalue weighted by atomic mass is 28.4. The molecule has 1 aliphatic heterocycles. The second-order valence-corrected chi connectivity index (χ2v) is 9.90. The van der Waals surface area contributed by atoms with Crippen LogP contribution in [-0.4, -0.2) is 40.6 Å². The first-order valence-electron chi connectivity index (χ1n) is 11.0. The normalized spacial score (nSPS) is 18.9. The van der Waals surface area contributed by atoms with Crippen molar-refractivity contribution in [3.8, 4) is 11.5 Å². The minimum absolute atomic E-state index is 0.276. The van der Waals surface area contributed by atoms with Crippen molar-refractivity contribution in [2.24, 2.45) is 0 Å². The molecule has 0 aromatic heterocycles. The van der Waals surface area contributed by atoms with Gasteiger partial charge in [0, 0.05) is 38.7 Å². The Morgan fingerprint density at radius 3 is 2.28 bits per heavy atom. The number of benzene rings is 1. The van der Waals surface area contributed by atoms with Gasteiger partial charge in [0.1, 0.15) is 11.5 Å². The lowest BCUT2D eigenvalue weighted by atomic mass is 10.1. The fourth-order valence-corrected chi connectivity index (χ4v) is 5.59. The number of fused-ring (bicyclic) bond motifs is 1. The zero-order valence-corrected chi connectivity index (χ0v) is 19.8. The lowest BCUT2D eigenvalue weighted by molar-refractivity contribution is -0.198. The summed E-state index contributed by atoms with van der Waals surface area (Å²) in [5, 5.41) is 0. The lowest BCUT2D eigenvalue weighted by Gasteiger charge is -2.36. The van der Waals surface area contributed by atoms with E-state index < -0.39 is 14.6 Å². The predicted molar refractivity (Wildman–Crippen MR) is 115 cm³/mol. The van der Waals surface area contributed by atoms with Crippen molar-refractivity contribution in [1.29, 1.82) is 0 Å². The van der Waals surface area contributed by atoms with Crippen molar-refractivity contribution in [2.75, 3.05) is 26.1 Å². The third kappa shape index (κ3) is 7.26. The van der Waals surface area contributed by atoms with E-state index in [1.54, 1.807) is 0 Å². The van der Waals surface area contributed by atoms with E-state index in [1.807, 2.05) is 45.9 Å². The maximum atomic E-state index is 6.17. The van der Waals surface area contributed by atoms with E-state index in [9.17, 15) is 0 Å². The first-order chi connectivity index (χ1) is 14.0. The molecule has 166 valence electrons. The van der Waals surface area contributed by atoms with Gasteiger partial charge in [-0.1, -0.05) is 26.2 Å². The van der Waals surface area contributed by atoms with Crippen molar-refractivity contribution >= 4 is 8.80 Å². The van der Waals surface area contributed by atoms with Crippen LogP contribution in [-0.2, 0) is 24.6 Å². The van der Waals surface area contributed by atoms with Crippen LogP contribution in [0.1, 0.15) is 72.3 Å². The van der Waals surface area contributed by atoms with Gasteiger partial charge in [-0.2, -0.15) is 0 Å². The SMILES string of the molecule is CCCCCCC1(C)OCc2cc(OC[Si](OCC)(OCC)OCC)ccc2O1. The number of hydrogen-bond acceptors (Lipinski definition) is 6. The Morgan fingerprint density at radius 2 is 1.66 bits per heavy atom. The Morgan fingerprint density at radius 1 is 0.966 bits per heavy atom. The smallest absolute Gasteiger partial charge is 0.489 e. The largest absolute Gasteiger partial charge is 0.540 e. The van der Waals surface area contributed by atoms with Crippen LogP contribution in [0, 0.1) is 0 Å². The van der Waals surface area contributed by atoms with Crippen molar-refractivity contribution in [3.63, 3.8) is 0 Å².